The van der Waals surface area contributed by atoms with Crippen LogP contribution in [0.15, 0.2) is 12.1 Å². The maximum absolute atomic E-state index is 12.3. The van der Waals surface area contributed by atoms with E-state index < -0.39 is 12.4 Å². The molecule has 1 saturated heterocycles. The van der Waals surface area contributed by atoms with Gasteiger partial charge in [0.1, 0.15) is 0 Å². The van der Waals surface area contributed by atoms with Gasteiger partial charge in [-0.25, -0.2) is 0 Å². The fourth-order valence-electron chi connectivity index (χ4n) is 2.07. The number of piperidine rings is 1. The van der Waals surface area contributed by atoms with E-state index in [2.05, 4.69) is 20.4 Å². The van der Waals surface area contributed by atoms with Crippen LogP contribution in [-0.2, 0) is 0 Å². The molecule has 6 heteroatoms. The first kappa shape index (κ1) is 17.2. The van der Waals surface area contributed by atoms with Gasteiger partial charge in [-0.3, -0.25) is 0 Å². The minimum atomic E-state index is -4.87. The van der Waals surface area contributed by atoms with Crippen LogP contribution in [0.2, 0.25) is 0 Å². The Morgan fingerprint density at radius 2 is 1.94 bits per heavy atom. The molecule has 16 heavy (non-hydrogen) atoms. The average Bonchev–Trinajstić information content (AvgIpc) is 2.00. The normalized spacial score (nSPS) is 21.3. The van der Waals surface area contributed by atoms with Crippen LogP contribution in [-0.4, -0.2) is 31.5 Å². The zero-order valence-electron chi connectivity index (χ0n) is 10.4. The van der Waals surface area contributed by atoms with Crippen LogP contribution >= 0.6 is 0 Å². The van der Waals surface area contributed by atoms with Crippen LogP contribution in [0.5, 0.6) is 0 Å². The summed E-state index contributed by atoms with van der Waals surface area (Å²) in [5.74, 6) is 0. The second-order valence-electron chi connectivity index (χ2n) is 5.21. The van der Waals surface area contributed by atoms with Crippen molar-refractivity contribution in [1.82, 2.24) is 4.90 Å². The molecule has 0 bridgehead atoms. The number of hydrogen-bond acceptors (Lipinski definition) is 1. The molecule has 0 aliphatic carbocycles. The predicted molar refractivity (Wildman–Crippen MR) is 57.7 cm³/mol. The first-order valence-electron chi connectivity index (χ1n) is 5.31. The molecular formula is C10H18BF3KN. The molecule has 0 aromatic rings. The van der Waals surface area contributed by atoms with Gasteiger partial charge in [0.2, 0.25) is 0 Å². The summed E-state index contributed by atoms with van der Waals surface area (Å²) < 4.78 is 37.0. The molecule has 0 spiro atoms. The van der Waals surface area contributed by atoms with Gasteiger partial charge in [-0.2, -0.15) is 0 Å². The summed E-state index contributed by atoms with van der Waals surface area (Å²) in [7, 11) is 0. The number of halogens is 3. The van der Waals surface area contributed by atoms with Gasteiger partial charge in [-0.05, 0) is 31.3 Å². The van der Waals surface area contributed by atoms with Crippen molar-refractivity contribution >= 4 is 6.98 Å². The van der Waals surface area contributed by atoms with E-state index in [1.807, 2.05) is 4.90 Å². The standard InChI is InChI=1S/C10H18BF3N.K/c1-9(11(12,13)14)7-15-6-4-5-10(2,3)8-15;/h1,4-8H2,2-3H3;/q-1;+1. The molecule has 0 saturated carbocycles. The molecule has 1 aliphatic rings. The summed E-state index contributed by atoms with van der Waals surface area (Å²) >= 11 is 0. The monoisotopic (exact) mass is 259 g/mol. The van der Waals surface area contributed by atoms with Crippen molar-refractivity contribution in [2.45, 2.75) is 26.7 Å². The summed E-state index contributed by atoms with van der Waals surface area (Å²) in [6, 6.07) is 0. The molecule has 0 unspecified atom stereocenters. The van der Waals surface area contributed by atoms with Crippen molar-refractivity contribution < 1.29 is 64.3 Å². The van der Waals surface area contributed by atoms with Crippen molar-refractivity contribution in [3.8, 4) is 0 Å². The van der Waals surface area contributed by atoms with Gasteiger partial charge >= 0.3 is 58.4 Å². The summed E-state index contributed by atoms with van der Waals surface area (Å²) in [5, 5.41) is 0. The van der Waals surface area contributed by atoms with Crippen molar-refractivity contribution in [3.05, 3.63) is 12.1 Å². The smallest absolute Gasteiger partial charge is 0.445 e. The Hall–Kier alpha value is 1.19. The van der Waals surface area contributed by atoms with Crippen LogP contribution in [0.25, 0.3) is 0 Å². The molecule has 0 aromatic heterocycles. The van der Waals surface area contributed by atoms with Crippen LogP contribution in [0.1, 0.15) is 26.7 Å². The van der Waals surface area contributed by atoms with E-state index in [-0.39, 0.29) is 63.3 Å². The Labute approximate surface area is 138 Å². The Balaban J connectivity index is 0.00000225. The van der Waals surface area contributed by atoms with Crippen molar-refractivity contribution in [1.29, 1.82) is 0 Å². The number of likely N-dealkylation sites (tertiary alicyclic amines) is 1. The molecule has 88 valence electrons. The summed E-state index contributed by atoms with van der Waals surface area (Å²) in [6.45, 7) is 3.93. The number of rotatable bonds is 3. The third-order valence-corrected chi connectivity index (χ3v) is 2.87. The topological polar surface area (TPSA) is 3.24 Å². The molecule has 0 radical (unpaired) electrons. The maximum Gasteiger partial charge on any atom is 1.00 e. The molecule has 1 nitrogen and oxygen atoms in total. The third-order valence-electron chi connectivity index (χ3n) is 2.87. The Bertz CT molecular complexity index is 253. The van der Waals surface area contributed by atoms with E-state index in [1.165, 1.54) is 0 Å². The fourth-order valence-corrected chi connectivity index (χ4v) is 2.07. The first-order chi connectivity index (χ1) is 6.71. The molecule has 0 amide bonds. The Morgan fingerprint density at radius 3 is 2.38 bits per heavy atom. The van der Waals surface area contributed by atoms with Crippen LogP contribution < -0.4 is 51.4 Å². The van der Waals surface area contributed by atoms with E-state index in [0.29, 0.717) is 0 Å². The zero-order valence-corrected chi connectivity index (χ0v) is 13.5. The SMILES string of the molecule is C=C(CN1CCCC(C)(C)C1)[B-](F)(F)F.[K+]. The Kier molecular flexibility index (Phi) is 6.86. The Morgan fingerprint density at radius 1 is 1.38 bits per heavy atom. The van der Waals surface area contributed by atoms with Crippen molar-refractivity contribution in [2.75, 3.05) is 19.6 Å². The van der Waals surface area contributed by atoms with Crippen molar-refractivity contribution in [2.24, 2.45) is 5.41 Å². The van der Waals surface area contributed by atoms with Crippen molar-refractivity contribution in [3.63, 3.8) is 0 Å². The van der Waals surface area contributed by atoms with Gasteiger partial charge < -0.3 is 17.8 Å². The van der Waals surface area contributed by atoms with Gasteiger partial charge in [0.15, 0.2) is 0 Å². The number of nitrogens with zero attached hydrogens (tertiary/aromatic N) is 1. The second-order valence-corrected chi connectivity index (χ2v) is 5.21. The van der Waals surface area contributed by atoms with E-state index >= 15 is 0 Å². The molecule has 0 aromatic carbocycles. The van der Waals surface area contributed by atoms with Crippen LogP contribution in [0, 0.1) is 5.41 Å². The van der Waals surface area contributed by atoms with E-state index in [1.54, 1.807) is 0 Å². The summed E-state index contributed by atoms with van der Waals surface area (Å²) in [6.07, 6.45) is 2.07. The minimum absolute atomic E-state index is 0. The number of hydrogen-bond donors (Lipinski definition) is 0. The van der Waals surface area contributed by atoms with Crippen LogP contribution in [0.4, 0.5) is 12.9 Å². The molecule has 1 fully saturated rings. The van der Waals surface area contributed by atoms with Gasteiger partial charge in [0.05, 0.1) is 0 Å². The summed E-state index contributed by atoms with van der Waals surface area (Å²) in [4.78, 5) is 1.86. The van der Waals surface area contributed by atoms with Crippen LogP contribution in [0.3, 0.4) is 0 Å². The maximum atomic E-state index is 12.3. The first-order valence-corrected chi connectivity index (χ1v) is 5.31. The summed E-state index contributed by atoms with van der Waals surface area (Å²) in [5.41, 5.74) is -0.440. The van der Waals surface area contributed by atoms with E-state index in [0.717, 1.165) is 25.9 Å². The zero-order chi connectivity index (χ0) is 11.7. The molecular weight excluding hydrogens is 241 g/mol. The molecule has 1 heterocycles. The minimum Gasteiger partial charge on any atom is -0.445 e. The molecule has 0 N–H and O–H groups in total. The quantitative estimate of drug-likeness (QED) is 0.648. The largest absolute Gasteiger partial charge is 1.00 e. The third kappa shape index (κ3) is 5.69. The molecule has 1 rings (SSSR count). The van der Waals surface area contributed by atoms with E-state index in [4.69, 9.17) is 0 Å². The van der Waals surface area contributed by atoms with Gasteiger partial charge in [0.25, 0.3) is 0 Å². The average molecular weight is 259 g/mol. The van der Waals surface area contributed by atoms with Gasteiger partial charge in [-0.15, -0.1) is 12.1 Å². The van der Waals surface area contributed by atoms with E-state index in [9.17, 15) is 12.9 Å². The molecule has 0 atom stereocenters. The second kappa shape index (κ2) is 6.38. The van der Waals surface area contributed by atoms with Gasteiger partial charge in [0, 0.05) is 6.54 Å². The van der Waals surface area contributed by atoms with Gasteiger partial charge in [-0.1, -0.05) is 13.8 Å². The predicted octanol–water partition coefficient (Wildman–Crippen LogP) is 0.0552. The molecule has 1 aliphatic heterocycles. The fraction of sp³-hybridized carbons (Fsp3) is 0.800.